The summed E-state index contributed by atoms with van der Waals surface area (Å²) < 4.78 is 21.3. The molecular weight excluding hydrogens is 522 g/mol. The third-order valence-electron chi connectivity index (χ3n) is 7.35. The van der Waals surface area contributed by atoms with Crippen molar-refractivity contribution in [3.05, 3.63) is 108 Å². The van der Waals surface area contributed by atoms with Crippen LogP contribution in [0.25, 0.3) is 0 Å². The molecule has 1 saturated heterocycles. The van der Waals surface area contributed by atoms with Gasteiger partial charge >= 0.3 is 6.16 Å². The maximum Gasteiger partial charge on any atom is 0.508 e. The van der Waals surface area contributed by atoms with E-state index in [1.165, 1.54) is 0 Å². The van der Waals surface area contributed by atoms with Gasteiger partial charge in [0, 0.05) is 11.6 Å². The molecule has 1 aliphatic rings. The predicted molar refractivity (Wildman–Crippen MR) is 154 cm³/mol. The van der Waals surface area contributed by atoms with E-state index in [-0.39, 0.29) is 24.1 Å². The number of rotatable bonds is 13. The van der Waals surface area contributed by atoms with E-state index in [4.69, 9.17) is 18.9 Å². The largest absolute Gasteiger partial charge is 0.508 e. The topological polar surface area (TPSA) is 91.4 Å². The van der Waals surface area contributed by atoms with E-state index in [2.05, 4.69) is 6.58 Å². The molecule has 214 valence electrons. The summed E-state index contributed by atoms with van der Waals surface area (Å²) in [5.74, 6) is 0.496. The average molecular weight is 558 g/mol. The second-order valence-electron chi connectivity index (χ2n) is 10.0. The van der Waals surface area contributed by atoms with Crippen molar-refractivity contribution < 1.29 is 33.3 Å². The van der Waals surface area contributed by atoms with E-state index in [1.807, 2.05) is 78.9 Å². The first-order valence-electron chi connectivity index (χ1n) is 13.4. The van der Waals surface area contributed by atoms with E-state index in [0.717, 1.165) is 28.2 Å². The van der Waals surface area contributed by atoms with Crippen LogP contribution in [-0.2, 0) is 38.5 Å². The fourth-order valence-corrected chi connectivity index (χ4v) is 5.19. The highest BCUT2D eigenvalue weighted by Gasteiger charge is 2.54. The lowest BCUT2D eigenvalue weighted by Crippen LogP contribution is -2.69. The molecule has 1 amide bonds. The molecule has 1 heterocycles. The van der Waals surface area contributed by atoms with E-state index in [9.17, 15) is 14.4 Å². The van der Waals surface area contributed by atoms with Gasteiger partial charge in [0.2, 0.25) is 5.91 Å². The summed E-state index contributed by atoms with van der Waals surface area (Å²) in [5, 5.41) is 0. The van der Waals surface area contributed by atoms with Crippen molar-refractivity contribution in [1.82, 2.24) is 4.90 Å². The van der Waals surface area contributed by atoms with Gasteiger partial charge in [0.15, 0.2) is 0 Å². The number of carbonyl (C=O) groups excluding carboxylic acids is 3. The summed E-state index contributed by atoms with van der Waals surface area (Å²) in [5.41, 5.74) is 3.07. The number of hydrogen-bond acceptors (Lipinski definition) is 7. The first-order valence-corrected chi connectivity index (χ1v) is 13.4. The van der Waals surface area contributed by atoms with Gasteiger partial charge < -0.3 is 23.8 Å². The number of amides is 1. The number of methoxy groups -OCH3 is 2. The van der Waals surface area contributed by atoms with Crippen LogP contribution >= 0.6 is 0 Å². The molecule has 1 fully saturated rings. The van der Waals surface area contributed by atoms with Crippen LogP contribution in [0.4, 0.5) is 4.79 Å². The minimum absolute atomic E-state index is 0.0490. The predicted octanol–water partition coefficient (Wildman–Crippen LogP) is 5.18. The molecule has 0 radical (unpaired) electrons. The molecule has 0 spiro atoms. The average Bonchev–Trinajstić information content (AvgIpc) is 2.99. The van der Waals surface area contributed by atoms with Crippen LogP contribution in [0.15, 0.2) is 91.0 Å². The standard InChI is InChI=1S/C33H35NO7/c1-22(20-35)31-30(23(2)41-33(37)40-21-26-8-6-5-7-9-26)32(36)34(31)27(18-24-10-14-28(38-3)15-11-24)19-25-12-16-29(39-4)17-13-25/h5-17,20,23,27,30-31H,1,18-19,21H2,2-4H3/t23-,30-,31-/m1/s1. The number of likely N-dealkylation sites (tertiary alicyclic amines) is 1. The lowest BCUT2D eigenvalue weighted by molar-refractivity contribution is -0.166. The zero-order valence-electron chi connectivity index (χ0n) is 23.5. The number of β-lactam (4-membered cyclic amide) rings is 1. The Bertz CT molecular complexity index is 1290. The van der Waals surface area contributed by atoms with E-state index in [0.29, 0.717) is 19.1 Å². The van der Waals surface area contributed by atoms with Crippen LogP contribution in [0.2, 0.25) is 0 Å². The Morgan fingerprint density at radius 2 is 1.41 bits per heavy atom. The highest BCUT2D eigenvalue weighted by atomic mass is 16.7. The number of aldehydes is 1. The summed E-state index contributed by atoms with van der Waals surface area (Å²) >= 11 is 0. The molecule has 1 aliphatic heterocycles. The van der Waals surface area contributed by atoms with E-state index in [1.54, 1.807) is 26.0 Å². The lowest BCUT2D eigenvalue weighted by atomic mass is 9.77. The van der Waals surface area contributed by atoms with Crippen molar-refractivity contribution in [2.24, 2.45) is 5.92 Å². The van der Waals surface area contributed by atoms with Gasteiger partial charge in [-0.25, -0.2) is 4.79 Å². The Morgan fingerprint density at radius 1 is 0.878 bits per heavy atom. The molecule has 0 unspecified atom stereocenters. The molecule has 0 bridgehead atoms. The SMILES string of the molecule is C=C(C=O)[C@@H]1[C@@H]([C@@H](C)OC(=O)OCc2ccccc2)C(=O)N1C(Cc1ccc(OC)cc1)Cc1ccc(OC)cc1. The Hall–Kier alpha value is -4.59. The van der Waals surface area contributed by atoms with Crippen LogP contribution in [0.3, 0.4) is 0 Å². The van der Waals surface area contributed by atoms with Gasteiger partial charge in [-0.2, -0.15) is 0 Å². The second kappa shape index (κ2) is 13.7. The van der Waals surface area contributed by atoms with Crippen LogP contribution in [0, 0.1) is 5.92 Å². The number of hydrogen-bond donors (Lipinski definition) is 0. The summed E-state index contributed by atoms with van der Waals surface area (Å²) in [6.07, 6.45) is 0.0224. The van der Waals surface area contributed by atoms with E-state index < -0.39 is 24.2 Å². The second-order valence-corrected chi connectivity index (χ2v) is 10.0. The highest BCUT2D eigenvalue weighted by molar-refractivity contribution is 5.92. The van der Waals surface area contributed by atoms with Gasteiger partial charge in [-0.3, -0.25) is 9.59 Å². The van der Waals surface area contributed by atoms with Gasteiger partial charge in [0.1, 0.15) is 30.5 Å². The quantitative estimate of drug-likeness (QED) is 0.124. The molecule has 3 aromatic carbocycles. The van der Waals surface area contributed by atoms with Crippen molar-refractivity contribution in [2.45, 2.75) is 44.6 Å². The monoisotopic (exact) mass is 557 g/mol. The molecule has 3 aromatic rings. The minimum Gasteiger partial charge on any atom is -0.497 e. The van der Waals surface area contributed by atoms with Crippen molar-refractivity contribution in [3.8, 4) is 11.5 Å². The number of carbonyl (C=O) groups is 3. The molecule has 41 heavy (non-hydrogen) atoms. The number of nitrogens with zero attached hydrogens (tertiary/aromatic N) is 1. The third-order valence-corrected chi connectivity index (χ3v) is 7.35. The fourth-order valence-electron chi connectivity index (χ4n) is 5.19. The smallest absolute Gasteiger partial charge is 0.497 e. The van der Waals surface area contributed by atoms with Gasteiger partial charge in [0.05, 0.1) is 26.2 Å². The van der Waals surface area contributed by atoms with Crippen molar-refractivity contribution in [1.29, 1.82) is 0 Å². The summed E-state index contributed by atoms with van der Waals surface area (Å²) in [4.78, 5) is 39.8. The third kappa shape index (κ3) is 7.14. The number of benzene rings is 3. The molecule has 8 heteroatoms. The minimum atomic E-state index is -0.879. The van der Waals surface area contributed by atoms with Gasteiger partial charge in [-0.15, -0.1) is 0 Å². The highest BCUT2D eigenvalue weighted by Crippen LogP contribution is 2.38. The Balaban J connectivity index is 1.53. The van der Waals surface area contributed by atoms with Gasteiger partial charge in [-0.05, 0) is 60.7 Å². The Morgan fingerprint density at radius 3 is 1.90 bits per heavy atom. The van der Waals surface area contributed by atoms with Crippen LogP contribution in [0.1, 0.15) is 23.6 Å². The Labute approximate surface area is 240 Å². The van der Waals surface area contributed by atoms with Gasteiger partial charge in [-0.1, -0.05) is 61.2 Å². The zero-order chi connectivity index (χ0) is 29.4. The molecule has 4 rings (SSSR count). The first kappa shape index (κ1) is 29.4. The summed E-state index contributed by atoms with van der Waals surface area (Å²) in [6.45, 7) is 5.63. The molecule has 0 saturated carbocycles. The molecule has 0 aromatic heterocycles. The fraction of sp³-hybridized carbons (Fsp3) is 0.303. The Kier molecular flexibility index (Phi) is 9.79. The summed E-state index contributed by atoms with van der Waals surface area (Å²) in [6, 6.07) is 23.6. The first-order chi connectivity index (χ1) is 19.8. The molecule has 0 N–H and O–H groups in total. The lowest BCUT2D eigenvalue weighted by Gasteiger charge is -2.52. The van der Waals surface area contributed by atoms with Crippen molar-refractivity contribution in [3.63, 3.8) is 0 Å². The summed E-state index contributed by atoms with van der Waals surface area (Å²) in [7, 11) is 3.22. The molecular formula is C33H35NO7. The number of ether oxygens (including phenoxy) is 4. The normalized spacial score (nSPS) is 16.9. The van der Waals surface area contributed by atoms with Crippen LogP contribution in [0.5, 0.6) is 11.5 Å². The molecule has 8 nitrogen and oxygen atoms in total. The van der Waals surface area contributed by atoms with Crippen molar-refractivity contribution in [2.75, 3.05) is 14.2 Å². The molecule has 0 aliphatic carbocycles. The molecule has 3 atom stereocenters. The maximum absolute atomic E-state index is 13.7. The maximum atomic E-state index is 13.7. The van der Waals surface area contributed by atoms with Gasteiger partial charge in [0.25, 0.3) is 0 Å². The van der Waals surface area contributed by atoms with Crippen molar-refractivity contribution >= 4 is 18.3 Å². The van der Waals surface area contributed by atoms with E-state index >= 15 is 0 Å². The van der Waals surface area contributed by atoms with Crippen LogP contribution in [-0.4, -0.2) is 55.7 Å². The zero-order valence-corrected chi connectivity index (χ0v) is 23.5. The van der Waals surface area contributed by atoms with Crippen LogP contribution < -0.4 is 9.47 Å².